The lowest BCUT2D eigenvalue weighted by atomic mass is 10.2. The first-order valence-corrected chi connectivity index (χ1v) is 9.38. The van der Waals surface area contributed by atoms with Crippen LogP contribution in [0.2, 0.25) is 5.02 Å². The first kappa shape index (κ1) is 16.3. The number of sulfonamides is 1. The maximum absolute atomic E-state index is 12.8. The van der Waals surface area contributed by atoms with Crippen molar-refractivity contribution in [2.45, 2.75) is 17.9 Å². The third-order valence-corrected chi connectivity index (χ3v) is 6.26. The zero-order chi connectivity index (χ0) is 16.4. The molecular weight excluding hydrogens is 332 g/mol. The SMILES string of the molecule is CC1CN(S(=O)(=O)c2ccc(Cl)cc2)CCN1c1ccccc1. The molecular formula is C17H19ClN2O2S. The van der Waals surface area contributed by atoms with Gasteiger partial charge in [-0.1, -0.05) is 29.8 Å². The van der Waals surface area contributed by atoms with Crippen LogP contribution >= 0.6 is 11.6 Å². The molecule has 1 fully saturated rings. The smallest absolute Gasteiger partial charge is 0.243 e. The van der Waals surface area contributed by atoms with Crippen molar-refractivity contribution >= 4 is 27.3 Å². The molecule has 1 aliphatic heterocycles. The number of anilines is 1. The van der Waals surface area contributed by atoms with Crippen molar-refractivity contribution in [1.29, 1.82) is 0 Å². The van der Waals surface area contributed by atoms with Crippen LogP contribution in [-0.2, 0) is 10.0 Å². The van der Waals surface area contributed by atoms with E-state index in [1.807, 2.05) is 18.2 Å². The molecule has 0 aromatic heterocycles. The number of para-hydroxylation sites is 1. The molecule has 1 aliphatic rings. The zero-order valence-electron chi connectivity index (χ0n) is 12.9. The Morgan fingerprint density at radius 2 is 1.65 bits per heavy atom. The minimum Gasteiger partial charge on any atom is -0.366 e. The van der Waals surface area contributed by atoms with Gasteiger partial charge in [0, 0.05) is 36.4 Å². The molecule has 0 N–H and O–H groups in total. The van der Waals surface area contributed by atoms with Crippen LogP contribution in [0.4, 0.5) is 5.69 Å². The molecule has 2 aromatic carbocycles. The lowest BCUT2D eigenvalue weighted by Crippen LogP contribution is -2.53. The predicted octanol–water partition coefficient (Wildman–Crippen LogP) is 3.24. The molecule has 1 unspecified atom stereocenters. The second-order valence-electron chi connectivity index (χ2n) is 5.69. The van der Waals surface area contributed by atoms with Gasteiger partial charge in [0.2, 0.25) is 10.0 Å². The van der Waals surface area contributed by atoms with Gasteiger partial charge < -0.3 is 4.90 Å². The van der Waals surface area contributed by atoms with E-state index in [0.29, 0.717) is 29.6 Å². The number of piperazine rings is 1. The van der Waals surface area contributed by atoms with Gasteiger partial charge in [0.1, 0.15) is 0 Å². The average molecular weight is 351 g/mol. The molecule has 1 saturated heterocycles. The fourth-order valence-corrected chi connectivity index (χ4v) is 4.54. The standard InChI is InChI=1S/C17H19ClN2O2S/c1-14-13-19(11-12-20(14)16-5-3-2-4-6-16)23(21,22)17-9-7-15(18)8-10-17/h2-10,14H,11-13H2,1H3. The van der Waals surface area contributed by atoms with Crippen LogP contribution in [-0.4, -0.2) is 38.4 Å². The monoisotopic (exact) mass is 350 g/mol. The van der Waals surface area contributed by atoms with E-state index in [1.165, 1.54) is 0 Å². The highest BCUT2D eigenvalue weighted by Gasteiger charge is 2.32. The van der Waals surface area contributed by atoms with Gasteiger partial charge in [0.05, 0.1) is 4.90 Å². The largest absolute Gasteiger partial charge is 0.366 e. The first-order chi connectivity index (χ1) is 11.0. The second-order valence-corrected chi connectivity index (χ2v) is 8.07. The summed E-state index contributed by atoms with van der Waals surface area (Å²) in [7, 11) is -3.47. The molecule has 1 atom stereocenters. The normalized spacial score (nSPS) is 19.7. The lowest BCUT2D eigenvalue weighted by Gasteiger charge is -2.40. The Hall–Kier alpha value is -1.56. The van der Waals surface area contributed by atoms with Crippen molar-refractivity contribution in [2.24, 2.45) is 0 Å². The van der Waals surface area contributed by atoms with Crippen LogP contribution in [0, 0.1) is 0 Å². The Bertz CT molecular complexity index is 763. The summed E-state index contributed by atoms with van der Waals surface area (Å²) in [6.45, 7) is 3.68. The summed E-state index contributed by atoms with van der Waals surface area (Å²) >= 11 is 5.84. The Labute approximate surface area is 142 Å². The quantitative estimate of drug-likeness (QED) is 0.853. The van der Waals surface area contributed by atoms with E-state index in [-0.39, 0.29) is 6.04 Å². The minimum atomic E-state index is -3.47. The number of hydrogen-bond acceptors (Lipinski definition) is 3. The van der Waals surface area contributed by atoms with Crippen molar-refractivity contribution < 1.29 is 8.42 Å². The van der Waals surface area contributed by atoms with Crippen LogP contribution < -0.4 is 4.90 Å². The van der Waals surface area contributed by atoms with Crippen LogP contribution in [0.3, 0.4) is 0 Å². The molecule has 0 radical (unpaired) electrons. The molecule has 6 heteroatoms. The van der Waals surface area contributed by atoms with Crippen molar-refractivity contribution in [2.75, 3.05) is 24.5 Å². The maximum Gasteiger partial charge on any atom is 0.243 e. The minimum absolute atomic E-state index is 0.119. The third-order valence-electron chi connectivity index (χ3n) is 4.13. The Kier molecular flexibility index (Phi) is 4.62. The molecule has 1 heterocycles. The van der Waals surface area contributed by atoms with Gasteiger partial charge in [-0.05, 0) is 43.3 Å². The van der Waals surface area contributed by atoms with Crippen LogP contribution in [0.1, 0.15) is 6.92 Å². The highest BCUT2D eigenvalue weighted by atomic mass is 35.5. The van der Waals surface area contributed by atoms with Gasteiger partial charge in [-0.25, -0.2) is 8.42 Å². The molecule has 122 valence electrons. The maximum atomic E-state index is 12.8. The summed E-state index contributed by atoms with van der Waals surface area (Å²) in [5, 5.41) is 0.534. The van der Waals surface area contributed by atoms with E-state index in [1.54, 1.807) is 28.6 Å². The fourth-order valence-electron chi connectivity index (χ4n) is 2.90. The fraction of sp³-hybridized carbons (Fsp3) is 0.294. The molecule has 3 rings (SSSR count). The Morgan fingerprint density at radius 1 is 1.00 bits per heavy atom. The van der Waals surface area contributed by atoms with Gasteiger partial charge >= 0.3 is 0 Å². The van der Waals surface area contributed by atoms with Crippen LogP contribution in [0.5, 0.6) is 0 Å². The molecule has 0 spiro atoms. The van der Waals surface area contributed by atoms with Gasteiger partial charge in [-0.3, -0.25) is 0 Å². The topological polar surface area (TPSA) is 40.6 Å². The predicted molar refractivity (Wildman–Crippen MR) is 93.5 cm³/mol. The zero-order valence-corrected chi connectivity index (χ0v) is 14.5. The number of rotatable bonds is 3. The molecule has 4 nitrogen and oxygen atoms in total. The van der Waals surface area contributed by atoms with Gasteiger partial charge in [-0.2, -0.15) is 4.31 Å². The van der Waals surface area contributed by atoms with Crippen molar-refractivity contribution in [3.8, 4) is 0 Å². The first-order valence-electron chi connectivity index (χ1n) is 7.56. The van der Waals surface area contributed by atoms with Crippen LogP contribution in [0.25, 0.3) is 0 Å². The van der Waals surface area contributed by atoms with E-state index < -0.39 is 10.0 Å². The summed E-state index contributed by atoms with van der Waals surface area (Å²) in [5.74, 6) is 0. The van der Waals surface area contributed by atoms with E-state index in [9.17, 15) is 8.42 Å². The summed E-state index contributed by atoms with van der Waals surface area (Å²) in [6.07, 6.45) is 0. The molecule has 2 aromatic rings. The number of nitrogens with zero attached hydrogens (tertiary/aromatic N) is 2. The van der Waals surface area contributed by atoms with Gasteiger partial charge in [-0.15, -0.1) is 0 Å². The molecule has 0 saturated carbocycles. The summed E-state index contributed by atoms with van der Waals surface area (Å²) < 4.78 is 27.1. The van der Waals surface area contributed by atoms with Crippen molar-refractivity contribution in [1.82, 2.24) is 4.31 Å². The lowest BCUT2D eigenvalue weighted by molar-refractivity contribution is 0.342. The Balaban J connectivity index is 1.78. The van der Waals surface area contributed by atoms with E-state index >= 15 is 0 Å². The number of halogens is 1. The molecule has 0 bridgehead atoms. The number of hydrogen-bond donors (Lipinski definition) is 0. The number of benzene rings is 2. The summed E-state index contributed by atoms with van der Waals surface area (Å²) in [4.78, 5) is 2.54. The second kappa shape index (κ2) is 6.51. The van der Waals surface area contributed by atoms with Crippen molar-refractivity contribution in [3.63, 3.8) is 0 Å². The highest BCUT2D eigenvalue weighted by molar-refractivity contribution is 7.89. The summed E-state index contributed by atoms with van der Waals surface area (Å²) in [5.41, 5.74) is 1.13. The average Bonchev–Trinajstić information content (AvgIpc) is 2.56. The molecule has 0 aliphatic carbocycles. The van der Waals surface area contributed by atoms with Crippen molar-refractivity contribution in [3.05, 3.63) is 59.6 Å². The van der Waals surface area contributed by atoms with Gasteiger partial charge in [0.15, 0.2) is 0 Å². The van der Waals surface area contributed by atoms with E-state index in [4.69, 9.17) is 11.6 Å². The molecule has 0 amide bonds. The van der Waals surface area contributed by atoms with E-state index in [0.717, 1.165) is 5.69 Å². The highest BCUT2D eigenvalue weighted by Crippen LogP contribution is 2.24. The Morgan fingerprint density at radius 3 is 2.26 bits per heavy atom. The van der Waals surface area contributed by atoms with E-state index in [2.05, 4.69) is 24.0 Å². The van der Waals surface area contributed by atoms with Gasteiger partial charge in [0.25, 0.3) is 0 Å². The molecule has 23 heavy (non-hydrogen) atoms. The third kappa shape index (κ3) is 3.37. The summed E-state index contributed by atoms with van der Waals surface area (Å²) in [6, 6.07) is 16.6. The van der Waals surface area contributed by atoms with Crippen LogP contribution in [0.15, 0.2) is 59.5 Å².